The predicted molar refractivity (Wildman–Crippen MR) is 475 cm³/mol. The first-order chi connectivity index (χ1) is 55.3. The van der Waals surface area contributed by atoms with Crippen molar-refractivity contribution in [1.29, 1.82) is 0 Å². The molecule has 2 unspecified atom stereocenters. The van der Waals surface area contributed by atoms with Gasteiger partial charge in [0.15, 0.2) is 0 Å². The molecular weight excluding hydrogens is 1360 g/mol. The largest absolute Gasteiger partial charge is 0.310 e. The Bertz CT molecular complexity index is 6020. The number of aromatic nitrogens is 1. The Labute approximate surface area is 668 Å². The van der Waals surface area contributed by atoms with E-state index < -0.39 is 0 Å². The highest BCUT2D eigenvalue weighted by Crippen LogP contribution is 2.69. The van der Waals surface area contributed by atoms with E-state index in [9.17, 15) is 0 Å². The van der Waals surface area contributed by atoms with Crippen LogP contribution >= 0.6 is 0 Å². The summed E-state index contributed by atoms with van der Waals surface area (Å²) in [4.78, 5) is 5.12. The summed E-state index contributed by atoms with van der Waals surface area (Å²) in [7, 11) is 0. The Balaban J connectivity index is 0.658. The van der Waals surface area contributed by atoms with Gasteiger partial charge in [0.25, 0.3) is 0 Å². The normalized spacial score (nSPS) is 22.1. The molecule has 23 rings (SSSR count). The summed E-state index contributed by atoms with van der Waals surface area (Å²) in [5.74, 6) is 5.21. The third-order valence-electron chi connectivity index (χ3n) is 28.5. The molecule has 8 aliphatic carbocycles. The Kier molecular flexibility index (Phi) is 16.8. The molecule has 113 heavy (non-hydrogen) atoms. The molecule has 6 bridgehead atoms. The van der Waals surface area contributed by atoms with Crippen molar-refractivity contribution in [1.82, 2.24) is 4.57 Å². The van der Waals surface area contributed by atoms with Crippen LogP contribution in [0.5, 0.6) is 0 Å². The lowest BCUT2D eigenvalue weighted by atomic mass is 9.39. The van der Waals surface area contributed by atoms with Crippen LogP contribution in [0.3, 0.4) is 0 Å². The number of hydrogen-bond donors (Lipinski definition) is 0. The second kappa shape index (κ2) is 27.4. The van der Waals surface area contributed by atoms with Crippen LogP contribution in [0.25, 0.3) is 83.1 Å². The van der Waals surface area contributed by atoms with Crippen LogP contribution in [0.1, 0.15) is 156 Å². The zero-order chi connectivity index (χ0) is 75.8. The average molecular weight is 1460 g/mol. The van der Waals surface area contributed by atoms with Crippen molar-refractivity contribution in [3.63, 3.8) is 0 Å². The standard InChI is InChI=1S/C110H99N3/c1-71-59-83-60-72(2)62-84(61-71)96-69-90(54-56-99(96)108(3,4)98-31-17-13-27-92(83)98)112(89-50-43-77(44-51-89)75-23-9-7-10-24-75)107-58-47-82(68-97(107)80-25-11-8-12-26-80)79-39-37-76(38-40-79)78-41-48-87(49-42-78)111(88-52-45-81(46-53-88)93-28-14-20-34-104(93)113-105-35-21-15-29-94(105)95-30-16-22-36-106(95)113)91-55-57-101-103(70-91)110(102-33-19-18-32-100(102)109(101,5)6)85-64-73-63-74(66-85)67-86(110)65-73/h7-58,68-74,83-86H,59-67H2,1-6H3/t71-,72+,73?,74?,83?,84?,85?,86?,110?. The highest BCUT2D eigenvalue weighted by molar-refractivity contribution is 6.10. The summed E-state index contributed by atoms with van der Waals surface area (Å²) in [6, 6.07) is 128. The third-order valence-corrected chi connectivity index (χ3v) is 28.5. The lowest BCUT2D eigenvalue weighted by Crippen LogP contribution is -2.58. The molecule has 554 valence electrons. The van der Waals surface area contributed by atoms with Gasteiger partial charge in [-0.3, -0.25) is 0 Å². The quantitative estimate of drug-likeness (QED) is 0.121. The highest BCUT2D eigenvalue weighted by Gasteiger charge is 2.62. The van der Waals surface area contributed by atoms with Gasteiger partial charge in [0.2, 0.25) is 0 Å². The minimum absolute atomic E-state index is 0.0152. The van der Waals surface area contributed by atoms with Crippen molar-refractivity contribution in [3.05, 3.63) is 378 Å². The van der Waals surface area contributed by atoms with Gasteiger partial charge >= 0.3 is 0 Å². The molecule has 15 aromatic rings. The number of hydrogen-bond acceptors (Lipinski definition) is 2. The number of anilines is 6. The van der Waals surface area contributed by atoms with Crippen molar-refractivity contribution < 1.29 is 0 Å². The van der Waals surface area contributed by atoms with Gasteiger partial charge in [-0.2, -0.15) is 0 Å². The van der Waals surface area contributed by atoms with Gasteiger partial charge < -0.3 is 14.4 Å². The molecule has 5 saturated carbocycles. The molecule has 1 heterocycles. The molecule has 0 N–H and O–H groups in total. The Morgan fingerprint density at radius 2 is 0.673 bits per heavy atom. The molecule has 8 aliphatic rings. The van der Waals surface area contributed by atoms with Crippen molar-refractivity contribution in [2.45, 2.75) is 127 Å². The van der Waals surface area contributed by atoms with Crippen molar-refractivity contribution in [2.75, 3.05) is 9.80 Å². The number of para-hydroxylation sites is 3. The highest BCUT2D eigenvalue weighted by atomic mass is 15.2. The second-order valence-corrected chi connectivity index (χ2v) is 35.8. The fraction of sp³-hybridized carbons (Fsp3) is 0.236. The summed E-state index contributed by atoms with van der Waals surface area (Å²) in [6.07, 6.45) is 11.6. The van der Waals surface area contributed by atoms with Gasteiger partial charge in [-0.05, 0) is 285 Å². The molecule has 1 aromatic heterocycles. The third kappa shape index (κ3) is 11.5. The average Bonchev–Trinajstić information content (AvgIpc) is 1.59. The summed E-state index contributed by atoms with van der Waals surface area (Å²) in [6.45, 7) is 15.0. The number of nitrogens with zero attached hydrogens (tertiary/aromatic N) is 3. The van der Waals surface area contributed by atoms with Crippen molar-refractivity contribution in [3.8, 4) is 61.3 Å². The summed E-state index contributed by atoms with van der Waals surface area (Å²) in [5.41, 5.74) is 34.4. The number of fused-ring (bicyclic) bond motifs is 9. The van der Waals surface area contributed by atoms with E-state index >= 15 is 0 Å². The fourth-order valence-electron chi connectivity index (χ4n) is 23.7. The first-order valence-electron chi connectivity index (χ1n) is 42.1. The topological polar surface area (TPSA) is 11.4 Å². The van der Waals surface area contributed by atoms with Crippen LogP contribution in [-0.4, -0.2) is 4.57 Å². The van der Waals surface area contributed by atoms with Gasteiger partial charge in [0.1, 0.15) is 0 Å². The Morgan fingerprint density at radius 3 is 1.27 bits per heavy atom. The van der Waals surface area contributed by atoms with E-state index in [2.05, 4.69) is 390 Å². The van der Waals surface area contributed by atoms with E-state index in [1.54, 1.807) is 16.7 Å². The fourth-order valence-corrected chi connectivity index (χ4v) is 23.7. The molecule has 0 aliphatic heterocycles. The first-order valence-corrected chi connectivity index (χ1v) is 42.1. The summed E-state index contributed by atoms with van der Waals surface area (Å²) >= 11 is 0. The van der Waals surface area contributed by atoms with Crippen LogP contribution in [-0.2, 0) is 16.2 Å². The maximum Gasteiger partial charge on any atom is 0.0541 e. The molecular formula is C110H99N3. The van der Waals surface area contributed by atoms with Crippen LogP contribution in [0.15, 0.2) is 334 Å². The molecule has 5 fully saturated rings. The Hall–Kier alpha value is -11.5. The van der Waals surface area contributed by atoms with Gasteiger partial charge in [-0.1, -0.05) is 284 Å². The molecule has 3 heteroatoms. The van der Waals surface area contributed by atoms with Crippen LogP contribution in [0.4, 0.5) is 34.1 Å². The molecule has 3 nitrogen and oxygen atoms in total. The predicted octanol–water partition coefficient (Wildman–Crippen LogP) is 29.8. The van der Waals surface area contributed by atoms with E-state index in [-0.39, 0.29) is 16.2 Å². The monoisotopic (exact) mass is 1460 g/mol. The lowest BCUT2D eigenvalue weighted by molar-refractivity contribution is -0.0443. The number of benzene rings is 14. The zero-order valence-corrected chi connectivity index (χ0v) is 66.1. The molecule has 4 atom stereocenters. The Morgan fingerprint density at radius 1 is 0.274 bits per heavy atom. The van der Waals surface area contributed by atoms with Crippen molar-refractivity contribution in [2.24, 2.45) is 35.5 Å². The van der Waals surface area contributed by atoms with Crippen molar-refractivity contribution >= 4 is 55.9 Å². The SMILES string of the molecule is C[C@@H]1CC2C[C@H](C)CC(C1)c1cc(N(c3ccc(-c4ccccc4)cc3)c3ccc(-c4ccc(-c5ccc(N(c6ccc(-c7ccccc7-n7c8ccccc8c8ccccc87)cc6)c6ccc7c(c6)C6(c8ccccc8C7(C)C)C7CC8CC(C7)CC6C8)cc5)cc4)cc3-c3ccccc3)ccc1C(C)(C)c1ccccc12. The van der Waals surface area contributed by atoms with Crippen LogP contribution < -0.4 is 9.80 Å². The molecule has 0 saturated heterocycles. The van der Waals surface area contributed by atoms with Crippen LogP contribution in [0.2, 0.25) is 0 Å². The van der Waals surface area contributed by atoms with Crippen LogP contribution in [0, 0.1) is 35.5 Å². The molecule has 14 aromatic carbocycles. The zero-order valence-electron chi connectivity index (χ0n) is 66.1. The molecule has 0 amide bonds. The second-order valence-electron chi connectivity index (χ2n) is 35.8. The molecule has 0 radical (unpaired) electrons. The van der Waals surface area contributed by atoms with Gasteiger partial charge in [-0.25, -0.2) is 0 Å². The van der Waals surface area contributed by atoms with E-state index in [1.165, 1.54) is 180 Å². The van der Waals surface area contributed by atoms with E-state index in [4.69, 9.17) is 0 Å². The summed E-state index contributed by atoms with van der Waals surface area (Å²) in [5, 5.41) is 2.53. The summed E-state index contributed by atoms with van der Waals surface area (Å²) < 4.78 is 2.46. The van der Waals surface area contributed by atoms with Gasteiger partial charge in [0.05, 0.1) is 22.4 Å². The minimum atomic E-state index is -0.186. The smallest absolute Gasteiger partial charge is 0.0541 e. The van der Waals surface area contributed by atoms with E-state index in [0.717, 1.165) is 34.6 Å². The first kappa shape index (κ1) is 69.4. The maximum absolute atomic E-state index is 2.69. The van der Waals surface area contributed by atoms with Gasteiger partial charge in [-0.15, -0.1) is 0 Å². The lowest BCUT2D eigenvalue weighted by Gasteiger charge is -2.64. The number of rotatable bonds is 12. The minimum Gasteiger partial charge on any atom is -0.310 e. The molecule has 1 spiro atoms. The maximum atomic E-state index is 2.69. The van der Waals surface area contributed by atoms with E-state index in [0.29, 0.717) is 35.5 Å². The van der Waals surface area contributed by atoms with Gasteiger partial charge in [0, 0.05) is 66.6 Å². The van der Waals surface area contributed by atoms with E-state index in [1.807, 2.05) is 0 Å².